The van der Waals surface area contributed by atoms with Crippen LogP contribution in [0.1, 0.15) is 39.0 Å². The van der Waals surface area contributed by atoms with Gasteiger partial charge in [0.15, 0.2) is 0 Å². The third kappa shape index (κ3) is 3.69. The maximum absolute atomic E-state index is 12.0. The van der Waals surface area contributed by atoms with Gasteiger partial charge in [0, 0.05) is 31.7 Å². The maximum atomic E-state index is 12.0. The minimum Gasteiger partial charge on any atom is -0.381 e. The van der Waals surface area contributed by atoms with Crippen LogP contribution in [0, 0.1) is 11.8 Å². The first-order chi connectivity index (χ1) is 8.81. The summed E-state index contributed by atoms with van der Waals surface area (Å²) in [6, 6.07) is 0.465. The van der Waals surface area contributed by atoms with Crippen molar-refractivity contribution in [1.29, 1.82) is 0 Å². The van der Waals surface area contributed by atoms with E-state index in [-0.39, 0.29) is 11.8 Å². The van der Waals surface area contributed by atoms with E-state index < -0.39 is 0 Å². The summed E-state index contributed by atoms with van der Waals surface area (Å²) in [5, 5.41) is 6.67. The quantitative estimate of drug-likeness (QED) is 0.795. The van der Waals surface area contributed by atoms with Gasteiger partial charge in [-0.1, -0.05) is 13.3 Å². The molecule has 2 rings (SSSR count). The number of carbonyl (C=O) groups is 1. The lowest BCUT2D eigenvalue weighted by Crippen LogP contribution is -2.49. The van der Waals surface area contributed by atoms with Gasteiger partial charge in [0.1, 0.15) is 0 Å². The van der Waals surface area contributed by atoms with Crippen molar-refractivity contribution in [2.45, 2.75) is 45.1 Å². The molecule has 0 aromatic rings. The van der Waals surface area contributed by atoms with Crippen LogP contribution in [0.25, 0.3) is 0 Å². The number of hydrogen-bond donors (Lipinski definition) is 2. The van der Waals surface area contributed by atoms with Crippen LogP contribution in [-0.2, 0) is 9.53 Å². The Morgan fingerprint density at radius 2 is 2.11 bits per heavy atom. The monoisotopic (exact) mass is 254 g/mol. The van der Waals surface area contributed by atoms with Crippen molar-refractivity contribution in [3.8, 4) is 0 Å². The Morgan fingerprint density at radius 1 is 1.33 bits per heavy atom. The Balaban J connectivity index is 1.73. The van der Waals surface area contributed by atoms with Gasteiger partial charge in [0.05, 0.1) is 0 Å². The number of rotatable bonds is 4. The minimum absolute atomic E-state index is 0.169. The highest BCUT2D eigenvalue weighted by molar-refractivity contribution is 5.78. The van der Waals surface area contributed by atoms with E-state index >= 15 is 0 Å². The first-order valence-corrected chi connectivity index (χ1v) is 7.40. The second-order valence-corrected chi connectivity index (χ2v) is 5.50. The predicted octanol–water partition coefficient (Wildman–Crippen LogP) is 1.31. The molecule has 2 aliphatic rings. The van der Waals surface area contributed by atoms with Crippen LogP contribution < -0.4 is 10.6 Å². The van der Waals surface area contributed by atoms with Gasteiger partial charge in [-0.05, 0) is 38.1 Å². The maximum Gasteiger partial charge on any atom is 0.223 e. The molecule has 2 fully saturated rings. The number of carbonyl (C=O) groups excluding carboxylic acids is 1. The average molecular weight is 254 g/mol. The van der Waals surface area contributed by atoms with Gasteiger partial charge in [-0.15, -0.1) is 0 Å². The fourth-order valence-electron chi connectivity index (χ4n) is 3.06. The molecular formula is C14H26N2O2. The van der Waals surface area contributed by atoms with Crippen LogP contribution in [0.3, 0.4) is 0 Å². The molecule has 2 N–H and O–H groups in total. The van der Waals surface area contributed by atoms with Gasteiger partial charge in [-0.25, -0.2) is 0 Å². The fraction of sp³-hybridized carbons (Fsp3) is 0.929. The second kappa shape index (κ2) is 7.10. The highest BCUT2D eigenvalue weighted by atomic mass is 16.5. The van der Waals surface area contributed by atoms with Crippen molar-refractivity contribution in [2.24, 2.45) is 11.8 Å². The SMILES string of the molecule is CCC1CCCNC1CNC(=O)C1CCOCC1. The molecule has 18 heavy (non-hydrogen) atoms. The first-order valence-electron chi connectivity index (χ1n) is 7.40. The van der Waals surface area contributed by atoms with E-state index in [2.05, 4.69) is 17.6 Å². The lowest BCUT2D eigenvalue weighted by molar-refractivity contribution is -0.128. The van der Waals surface area contributed by atoms with Crippen molar-refractivity contribution in [2.75, 3.05) is 26.3 Å². The van der Waals surface area contributed by atoms with Gasteiger partial charge in [0.25, 0.3) is 0 Å². The molecule has 0 radical (unpaired) electrons. The standard InChI is InChI=1S/C14H26N2O2/c1-2-11-4-3-7-15-13(11)10-16-14(17)12-5-8-18-9-6-12/h11-13,15H,2-10H2,1H3,(H,16,17). The smallest absolute Gasteiger partial charge is 0.223 e. The minimum atomic E-state index is 0.169. The third-order valence-corrected chi connectivity index (χ3v) is 4.34. The van der Waals surface area contributed by atoms with E-state index in [0.717, 1.165) is 39.1 Å². The molecule has 4 heteroatoms. The second-order valence-electron chi connectivity index (χ2n) is 5.50. The summed E-state index contributed by atoms with van der Waals surface area (Å²) < 4.78 is 5.29. The summed E-state index contributed by atoms with van der Waals surface area (Å²) in [4.78, 5) is 12.0. The third-order valence-electron chi connectivity index (χ3n) is 4.34. The molecule has 2 atom stereocenters. The topological polar surface area (TPSA) is 50.4 Å². The van der Waals surface area contributed by atoms with Crippen molar-refractivity contribution in [3.05, 3.63) is 0 Å². The Bertz CT molecular complexity index is 265. The normalized spacial score (nSPS) is 30.1. The first kappa shape index (κ1) is 13.8. The van der Waals surface area contributed by atoms with Gasteiger partial charge >= 0.3 is 0 Å². The predicted molar refractivity (Wildman–Crippen MR) is 71.4 cm³/mol. The molecule has 1 amide bonds. The van der Waals surface area contributed by atoms with Gasteiger partial charge in [-0.2, -0.15) is 0 Å². The lowest BCUT2D eigenvalue weighted by atomic mass is 9.88. The fourth-order valence-corrected chi connectivity index (χ4v) is 3.06. The molecule has 0 spiro atoms. The summed E-state index contributed by atoms with van der Waals surface area (Å²) >= 11 is 0. The summed E-state index contributed by atoms with van der Waals surface area (Å²) in [7, 11) is 0. The molecule has 0 aliphatic carbocycles. The van der Waals surface area contributed by atoms with Crippen molar-refractivity contribution >= 4 is 5.91 Å². The summed E-state index contributed by atoms with van der Waals surface area (Å²) in [6.07, 6.45) is 5.51. The highest BCUT2D eigenvalue weighted by Crippen LogP contribution is 2.20. The molecule has 0 aromatic carbocycles. The highest BCUT2D eigenvalue weighted by Gasteiger charge is 2.26. The number of piperidine rings is 1. The van der Waals surface area contributed by atoms with E-state index in [9.17, 15) is 4.79 Å². The summed E-state index contributed by atoms with van der Waals surface area (Å²) in [6.45, 7) is 5.59. The van der Waals surface area contributed by atoms with Gasteiger partial charge in [0.2, 0.25) is 5.91 Å². The summed E-state index contributed by atoms with van der Waals surface area (Å²) in [5.41, 5.74) is 0. The number of ether oxygens (including phenoxy) is 1. The van der Waals surface area contributed by atoms with Crippen molar-refractivity contribution in [3.63, 3.8) is 0 Å². The number of nitrogens with one attached hydrogen (secondary N) is 2. The zero-order chi connectivity index (χ0) is 12.8. The molecular weight excluding hydrogens is 228 g/mol. The van der Waals surface area contributed by atoms with Gasteiger partial charge < -0.3 is 15.4 Å². The molecule has 4 nitrogen and oxygen atoms in total. The van der Waals surface area contributed by atoms with Crippen molar-refractivity contribution in [1.82, 2.24) is 10.6 Å². The number of hydrogen-bond acceptors (Lipinski definition) is 3. The van der Waals surface area contributed by atoms with Crippen molar-refractivity contribution < 1.29 is 9.53 Å². The van der Waals surface area contributed by atoms with E-state index in [1.807, 2.05) is 0 Å². The van der Waals surface area contributed by atoms with Crippen LogP contribution in [-0.4, -0.2) is 38.3 Å². The Morgan fingerprint density at radius 3 is 2.83 bits per heavy atom. The zero-order valence-electron chi connectivity index (χ0n) is 11.4. The van der Waals surface area contributed by atoms with E-state index in [4.69, 9.17) is 4.74 Å². The molecule has 2 saturated heterocycles. The molecule has 0 bridgehead atoms. The summed E-state index contributed by atoms with van der Waals surface area (Å²) in [5.74, 6) is 1.11. The average Bonchev–Trinajstić information content (AvgIpc) is 2.46. The Labute approximate surface area is 110 Å². The lowest BCUT2D eigenvalue weighted by Gasteiger charge is -2.32. The largest absolute Gasteiger partial charge is 0.381 e. The molecule has 0 saturated carbocycles. The number of amides is 1. The molecule has 0 aromatic heterocycles. The van der Waals surface area contributed by atoms with Crippen LogP contribution in [0.5, 0.6) is 0 Å². The zero-order valence-corrected chi connectivity index (χ0v) is 11.4. The van der Waals surface area contributed by atoms with E-state index in [0.29, 0.717) is 12.0 Å². The van der Waals surface area contributed by atoms with Crippen LogP contribution in [0.15, 0.2) is 0 Å². The Hall–Kier alpha value is -0.610. The molecule has 2 heterocycles. The molecule has 2 unspecified atom stereocenters. The molecule has 104 valence electrons. The van der Waals surface area contributed by atoms with Crippen LogP contribution in [0.4, 0.5) is 0 Å². The molecule has 2 aliphatic heterocycles. The van der Waals surface area contributed by atoms with E-state index in [1.54, 1.807) is 0 Å². The van der Waals surface area contributed by atoms with Gasteiger partial charge in [-0.3, -0.25) is 4.79 Å². The van der Waals surface area contributed by atoms with Crippen LogP contribution in [0.2, 0.25) is 0 Å². The van der Waals surface area contributed by atoms with Crippen LogP contribution >= 0.6 is 0 Å². The Kier molecular flexibility index (Phi) is 5.45. The van der Waals surface area contributed by atoms with E-state index in [1.165, 1.54) is 19.3 Å².